The molecule has 0 aliphatic heterocycles. The first-order valence-corrected chi connectivity index (χ1v) is 8.00. The third-order valence-electron chi connectivity index (χ3n) is 3.54. The second kappa shape index (κ2) is 8.63. The summed E-state index contributed by atoms with van der Waals surface area (Å²) >= 11 is 0. The summed E-state index contributed by atoms with van der Waals surface area (Å²) in [7, 11) is 0. The molecular formula is C19H21N3O3. The van der Waals surface area contributed by atoms with Crippen LogP contribution in [0.5, 0.6) is 0 Å². The fourth-order valence-corrected chi connectivity index (χ4v) is 2.32. The van der Waals surface area contributed by atoms with Crippen LogP contribution in [0, 0.1) is 5.41 Å². The zero-order valence-corrected chi connectivity index (χ0v) is 14.0. The van der Waals surface area contributed by atoms with Gasteiger partial charge in [-0.3, -0.25) is 15.0 Å². The first-order valence-electron chi connectivity index (χ1n) is 8.00. The highest BCUT2D eigenvalue weighted by Crippen LogP contribution is 2.14. The summed E-state index contributed by atoms with van der Waals surface area (Å²) < 4.78 is 4.91. The van der Waals surface area contributed by atoms with Gasteiger partial charge in [-0.15, -0.1) is 0 Å². The number of benzene rings is 2. The van der Waals surface area contributed by atoms with Gasteiger partial charge in [0.2, 0.25) is 0 Å². The molecule has 6 nitrogen and oxygen atoms in total. The largest absolute Gasteiger partial charge is 0.466 e. The predicted octanol–water partition coefficient (Wildman–Crippen LogP) is 2.72. The number of nitrogen functional groups attached to an aromatic ring is 1. The van der Waals surface area contributed by atoms with Crippen LogP contribution in [0.25, 0.3) is 0 Å². The number of anilines is 1. The lowest BCUT2D eigenvalue weighted by Crippen LogP contribution is -2.15. The van der Waals surface area contributed by atoms with Crippen LogP contribution >= 0.6 is 0 Å². The van der Waals surface area contributed by atoms with Crippen LogP contribution < -0.4 is 11.1 Å². The molecule has 0 saturated heterocycles. The number of esters is 1. The van der Waals surface area contributed by atoms with Crippen molar-refractivity contribution in [1.82, 2.24) is 0 Å². The Morgan fingerprint density at radius 3 is 2.56 bits per heavy atom. The van der Waals surface area contributed by atoms with Gasteiger partial charge in [0.15, 0.2) is 0 Å². The highest BCUT2D eigenvalue weighted by molar-refractivity contribution is 6.06. The van der Waals surface area contributed by atoms with Gasteiger partial charge in [0.05, 0.1) is 6.61 Å². The molecule has 0 saturated carbocycles. The van der Waals surface area contributed by atoms with Gasteiger partial charge in [-0.25, -0.2) is 0 Å². The Balaban J connectivity index is 2.03. The molecule has 0 bridgehead atoms. The minimum atomic E-state index is -0.286. The summed E-state index contributed by atoms with van der Waals surface area (Å²) in [6.07, 6.45) is 0.842. The molecule has 4 N–H and O–H groups in total. The number of nitrogens with two attached hydrogens (primary N) is 1. The molecule has 0 atom stereocenters. The Bertz CT molecular complexity index is 787. The summed E-state index contributed by atoms with van der Waals surface area (Å²) in [5, 5.41) is 10.3. The lowest BCUT2D eigenvalue weighted by Gasteiger charge is -2.08. The molecule has 0 aromatic heterocycles. The van der Waals surface area contributed by atoms with Crippen molar-refractivity contribution in [3.8, 4) is 0 Å². The maximum atomic E-state index is 12.4. The molecule has 2 aromatic carbocycles. The summed E-state index contributed by atoms with van der Waals surface area (Å²) in [6.45, 7) is 2.14. The predicted molar refractivity (Wildman–Crippen MR) is 96.8 cm³/mol. The highest BCUT2D eigenvalue weighted by atomic mass is 16.5. The Morgan fingerprint density at radius 2 is 1.84 bits per heavy atom. The van der Waals surface area contributed by atoms with Gasteiger partial charge in [0.25, 0.3) is 5.91 Å². The first kappa shape index (κ1) is 18.2. The smallest absolute Gasteiger partial charge is 0.306 e. The lowest BCUT2D eigenvalue weighted by molar-refractivity contribution is -0.143. The molecule has 0 heterocycles. The number of carbonyl (C=O) groups is 2. The summed E-state index contributed by atoms with van der Waals surface area (Å²) in [5.41, 5.74) is 7.94. The van der Waals surface area contributed by atoms with Crippen LogP contribution in [-0.4, -0.2) is 24.3 Å². The molecule has 0 fully saturated rings. The molecule has 25 heavy (non-hydrogen) atoms. The van der Waals surface area contributed by atoms with Gasteiger partial charge in [-0.05, 0) is 43.2 Å². The molecule has 0 aliphatic rings. The Morgan fingerprint density at radius 1 is 1.12 bits per heavy atom. The monoisotopic (exact) mass is 339 g/mol. The maximum absolute atomic E-state index is 12.4. The van der Waals surface area contributed by atoms with E-state index in [0.29, 0.717) is 36.3 Å². The minimum absolute atomic E-state index is 0.0874. The van der Waals surface area contributed by atoms with Crippen LogP contribution in [-0.2, 0) is 16.0 Å². The quantitative estimate of drug-likeness (QED) is 0.410. The van der Waals surface area contributed by atoms with Crippen molar-refractivity contribution >= 4 is 23.4 Å². The van der Waals surface area contributed by atoms with Gasteiger partial charge in [-0.1, -0.05) is 24.3 Å². The van der Waals surface area contributed by atoms with Gasteiger partial charge < -0.3 is 15.8 Å². The normalized spacial score (nSPS) is 10.1. The first-order chi connectivity index (χ1) is 12.0. The van der Waals surface area contributed by atoms with Crippen molar-refractivity contribution in [2.45, 2.75) is 19.8 Å². The van der Waals surface area contributed by atoms with Crippen molar-refractivity contribution in [2.75, 3.05) is 11.9 Å². The zero-order chi connectivity index (χ0) is 18.2. The number of rotatable bonds is 7. The number of carbonyl (C=O) groups excluding carboxylic acids is 2. The summed E-state index contributed by atoms with van der Waals surface area (Å²) in [5.74, 6) is -0.612. The van der Waals surface area contributed by atoms with E-state index in [9.17, 15) is 9.59 Å². The third-order valence-corrected chi connectivity index (χ3v) is 3.54. The average Bonchev–Trinajstić information content (AvgIpc) is 2.60. The lowest BCUT2D eigenvalue weighted by atomic mass is 10.1. The molecule has 0 spiro atoms. The van der Waals surface area contributed by atoms with E-state index in [1.807, 2.05) is 18.2 Å². The fourth-order valence-electron chi connectivity index (χ4n) is 2.32. The van der Waals surface area contributed by atoms with Gasteiger partial charge in [0, 0.05) is 23.2 Å². The van der Waals surface area contributed by atoms with Crippen molar-refractivity contribution in [2.24, 2.45) is 5.73 Å². The van der Waals surface area contributed by atoms with E-state index < -0.39 is 0 Å². The molecular weight excluding hydrogens is 318 g/mol. The van der Waals surface area contributed by atoms with E-state index in [-0.39, 0.29) is 17.7 Å². The Hall–Kier alpha value is -3.15. The molecule has 130 valence electrons. The highest BCUT2D eigenvalue weighted by Gasteiger charge is 2.09. The van der Waals surface area contributed by atoms with Crippen molar-refractivity contribution < 1.29 is 14.3 Å². The molecule has 0 aliphatic carbocycles. The van der Waals surface area contributed by atoms with E-state index in [2.05, 4.69) is 5.32 Å². The number of hydrogen-bond acceptors (Lipinski definition) is 4. The number of hydrogen-bond donors (Lipinski definition) is 3. The molecule has 0 radical (unpaired) electrons. The number of aryl methyl sites for hydroxylation is 1. The molecule has 0 unspecified atom stereocenters. The second-order valence-electron chi connectivity index (χ2n) is 5.45. The Kier molecular flexibility index (Phi) is 6.28. The van der Waals surface area contributed by atoms with Crippen LogP contribution in [0.15, 0.2) is 48.5 Å². The summed E-state index contributed by atoms with van der Waals surface area (Å²) in [6, 6.07) is 13.9. The van der Waals surface area contributed by atoms with Gasteiger partial charge in [-0.2, -0.15) is 0 Å². The van der Waals surface area contributed by atoms with Crippen LogP contribution in [0.3, 0.4) is 0 Å². The van der Waals surface area contributed by atoms with Crippen LogP contribution in [0.4, 0.5) is 5.69 Å². The summed E-state index contributed by atoms with van der Waals surface area (Å²) in [4.78, 5) is 23.8. The van der Waals surface area contributed by atoms with Gasteiger partial charge >= 0.3 is 5.97 Å². The number of amidine groups is 1. The topological polar surface area (TPSA) is 105 Å². The minimum Gasteiger partial charge on any atom is -0.466 e. The van der Waals surface area contributed by atoms with E-state index in [1.54, 1.807) is 37.3 Å². The van der Waals surface area contributed by atoms with Crippen molar-refractivity contribution in [3.05, 3.63) is 65.2 Å². The van der Waals surface area contributed by atoms with Gasteiger partial charge in [0.1, 0.15) is 5.84 Å². The third kappa shape index (κ3) is 5.46. The van der Waals surface area contributed by atoms with E-state index in [1.165, 1.54) is 0 Å². The maximum Gasteiger partial charge on any atom is 0.306 e. The van der Waals surface area contributed by atoms with Crippen molar-refractivity contribution in [1.29, 1.82) is 5.41 Å². The number of ether oxygens (including phenoxy) is 1. The molecule has 2 rings (SSSR count). The number of nitrogens with one attached hydrogen (secondary N) is 2. The zero-order valence-electron chi connectivity index (χ0n) is 14.0. The molecule has 2 aromatic rings. The average molecular weight is 339 g/mol. The molecule has 6 heteroatoms. The van der Waals surface area contributed by atoms with Crippen LogP contribution in [0.1, 0.15) is 34.8 Å². The SMILES string of the molecule is CCOC(=O)CCc1cccc(NC(=O)c2cccc(C(=N)N)c2)c1. The number of amides is 1. The Labute approximate surface area is 146 Å². The molecule has 1 amide bonds. The van der Waals surface area contributed by atoms with E-state index in [0.717, 1.165) is 5.56 Å². The fraction of sp³-hybridized carbons (Fsp3) is 0.211. The van der Waals surface area contributed by atoms with Crippen molar-refractivity contribution in [3.63, 3.8) is 0 Å². The standard InChI is InChI=1S/C19H21N3O3/c1-2-25-17(23)10-9-13-5-3-8-16(11-13)22-19(24)15-7-4-6-14(12-15)18(20)21/h3-8,11-12H,2,9-10H2,1H3,(H3,20,21)(H,22,24). The van der Waals surface area contributed by atoms with Crippen LogP contribution in [0.2, 0.25) is 0 Å². The van der Waals surface area contributed by atoms with E-state index in [4.69, 9.17) is 15.9 Å². The second-order valence-corrected chi connectivity index (χ2v) is 5.45. The van der Waals surface area contributed by atoms with E-state index >= 15 is 0 Å².